The molecule has 2 N–H and O–H groups in total. The summed E-state index contributed by atoms with van der Waals surface area (Å²) in [6.45, 7) is 2.32. The molecule has 1 heterocycles. The molecule has 0 radical (unpaired) electrons. The van der Waals surface area contributed by atoms with Crippen molar-refractivity contribution in [3.8, 4) is 0 Å². The molecule has 1 aromatic rings. The fourth-order valence-corrected chi connectivity index (χ4v) is 4.77. The number of fused-ring (bicyclic) bond motifs is 1. The second kappa shape index (κ2) is 7.56. The summed E-state index contributed by atoms with van der Waals surface area (Å²) in [5.74, 6) is 0.880. The van der Waals surface area contributed by atoms with Crippen LogP contribution in [0.3, 0.4) is 0 Å². The molecule has 25 heavy (non-hydrogen) atoms. The number of nitrogens with zero attached hydrogens (tertiary/aromatic N) is 1. The van der Waals surface area contributed by atoms with Crippen molar-refractivity contribution in [2.45, 2.75) is 56.4 Å². The zero-order valence-electron chi connectivity index (χ0n) is 14.5. The van der Waals surface area contributed by atoms with Crippen LogP contribution in [0.2, 0.25) is 0 Å². The SMILES string of the molecule is C[C@H](N=C1NS(=O)(=O)c2ccccc21)C(=O)NCCCC1CCCC1. The fraction of sp³-hybridized carbons (Fsp3) is 0.556. The molecular weight excluding hydrogens is 338 g/mol. The Morgan fingerprint density at radius 2 is 2.04 bits per heavy atom. The lowest BCUT2D eigenvalue weighted by Crippen LogP contribution is -2.34. The van der Waals surface area contributed by atoms with Crippen molar-refractivity contribution in [1.82, 2.24) is 10.0 Å². The van der Waals surface area contributed by atoms with Gasteiger partial charge in [-0.3, -0.25) is 14.5 Å². The van der Waals surface area contributed by atoms with E-state index in [-0.39, 0.29) is 16.6 Å². The van der Waals surface area contributed by atoms with E-state index in [1.165, 1.54) is 31.7 Å². The van der Waals surface area contributed by atoms with Crippen LogP contribution in [-0.2, 0) is 14.8 Å². The van der Waals surface area contributed by atoms with Crippen molar-refractivity contribution in [1.29, 1.82) is 0 Å². The maximum absolute atomic E-state index is 12.2. The van der Waals surface area contributed by atoms with Gasteiger partial charge in [-0.25, -0.2) is 8.42 Å². The second-order valence-corrected chi connectivity index (χ2v) is 8.49. The Morgan fingerprint density at radius 3 is 2.80 bits per heavy atom. The van der Waals surface area contributed by atoms with Crippen LogP contribution in [0.1, 0.15) is 51.0 Å². The minimum absolute atomic E-state index is 0.178. The van der Waals surface area contributed by atoms with E-state index in [1.807, 2.05) is 0 Å². The van der Waals surface area contributed by atoms with Gasteiger partial charge in [0.25, 0.3) is 10.0 Å². The average molecular weight is 363 g/mol. The summed E-state index contributed by atoms with van der Waals surface area (Å²) in [5, 5.41) is 2.90. The van der Waals surface area contributed by atoms with Gasteiger partial charge in [0.05, 0.1) is 4.90 Å². The number of carbonyl (C=O) groups is 1. The molecule has 136 valence electrons. The third-order valence-corrected chi connectivity index (χ3v) is 6.33. The van der Waals surface area contributed by atoms with Crippen molar-refractivity contribution >= 4 is 21.8 Å². The summed E-state index contributed by atoms with van der Waals surface area (Å²) >= 11 is 0. The Balaban J connectivity index is 1.55. The van der Waals surface area contributed by atoms with Crippen molar-refractivity contribution in [2.24, 2.45) is 10.9 Å². The van der Waals surface area contributed by atoms with Crippen molar-refractivity contribution in [2.75, 3.05) is 6.54 Å². The Morgan fingerprint density at radius 1 is 1.32 bits per heavy atom. The quantitative estimate of drug-likeness (QED) is 0.760. The first kappa shape index (κ1) is 17.9. The fourth-order valence-electron chi connectivity index (χ4n) is 3.53. The molecule has 1 fully saturated rings. The lowest BCUT2D eigenvalue weighted by atomic mass is 10.0. The van der Waals surface area contributed by atoms with Crippen molar-refractivity contribution < 1.29 is 13.2 Å². The highest BCUT2D eigenvalue weighted by molar-refractivity contribution is 7.90. The third kappa shape index (κ3) is 4.21. The van der Waals surface area contributed by atoms with Crippen molar-refractivity contribution in [3.05, 3.63) is 29.8 Å². The van der Waals surface area contributed by atoms with E-state index in [2.05, 4.69) is 15.0 Å². The number of sulfonamides is 1. The van der Waals surface area contributed by atoms with Crippen LogP contribution in [0.15, 0.2) is 34.2 Å². The van der Waals surface area contributed by atoms with E-state index in [1.54, 1.807) is 25.1 Å². The number of carbonyl (C=O) groups excluding carboxylic acids is 1. The lowest BCUT2D eigenvalue weighted by molar-refractivity contribution is -0.121. The number of nitrogens with one attached hydrogen (secondary N) is 2. The first-order chi connectivity index (χ1) is 12.0. The Hall–Kier alpha value is -1.89. The molecule has 1 amide bonds. The first-order valence-corrected chi connectivity index (χ1v) is 10.4. The molecule has 6 nitrogen and oxygen atoms in total. The summed E-state index contributed by atoms with van der Waals surface area (Å²) < 4.78 is 26.5. The summed E-state index contributed by atoms with van der Waals surface area (Å²) in [6, 6.07) is 6.01. The molecule has 1 aliphatic heterocycles. The number of amides is 1. The zero-order valence-corrected chi connectivity index (χ0v) is 15.3. The van der Waals surface area contributed by atoms with Crippen LogP contribution < -0.4 is 10.0 Å². The van der Waals surface area contributed by atoms with Gasteiger partial charge >= 0.3 is 0 Å². The van der Waals surface area contributed by atoms with Gasteiger partial charge in [0.15, 0.2) is 0 Å². The standard InChI is InChI=1S/C18H25N3O3S/c1-13(18(22)19-12-6-9-14-7-2-3-8-14)20-17-15-10-4-5-11-16(15)25(23,24)21-17/h4-5,10-11,13-14H,2-3,6-9,12H2,1H3,(H,19,22)(H,20,21)/t13-/m0/s1. The van der Waals surface area contributed by atoms with Gasteiger partial charge < -0.3 is 5.32 Å². The molecule has 0 unspecified atom stereocenters. The molecule has 1 saturated carbocycles. The van der Waals surface area contributed by atoms with E-state index in [9.17, 15) is 13.2 Å². The van der Waals surface area contributed by atoms with Crippen LogP contribution in [0, 0.1) is 5.92 Å². The molecule has 1 aliphatic carbocycles. The maximum atomic E-state index is 12.2. The third-order valence-electron chi connectivity index (χ3n) is 4.93. The van der Waals surface area contributed by atoms with E-state index < -0.39 is 16.1 Å². The second-order valence-electron chi connectivity index (χ2n) is 6.84. The molecule has 0 spiro atoms. The highest BCUT2D eigenvalue weighted by atomic mass is 32.2. The van der Waals surface area contributed by atoms with Crippen LogP contribution in [0.25, 0.3) is 0 Å². The molecule has 1 aromatic carbocycles. The molecule has 3 rings (SSSR count). The number of benzene rings is 1. The number of hydrogen-bond acceptors (Lipinski definition) is 4. The molecule has 2 aliphatic rings. The van der Waals surface area contributed by atoms with Gasteiger partial charge in [0.1, 0.15) is 11.9 Å². The average Bonchev–Trinajstić information content (AvgIpc) is 3.19. The number of hydrogen-bond donors (Lipinski definition) is 2. The smallest absolute Gasteiger partial charge is 0.263 e. The molecule has 0 bridgehead atoms. The van der Waals surface area contributed by atoms with E-state index in [4.69, 9.17) is 0 Å². The number of rotatable bonds is 6. The summed E-state index contributed by atoms with van der Waals surface area (Å²) in [7, 11) is -3.57. The predicted molar refractivity (Wildman–Crippen MR) is 97.0 cm³/mol. The van der Waals surface area contributed by atoms with Crippen LogP contribution in [0.5, 0.6) is 0 Å². The Labute approximate surface area is 149 Å². The van der Waals surface area contributed by atoms with E-state index in [0.717, 1.165) is 18.8 Å². The van der Waals surface area contributed by atoms with Gasteiger partial charge in [-0.1, -0.05) is 37.8 Å². The Kier molecular flexibility index (Phi) is 5.42. The van der Waals surface area contributed by atoms with Gasteiger partial charge in [-0.15, -0.1) is 0 Å². The molecule has 1 atom stereocenters. The highest BCUT2D eigenvalue weighted by Crippen LogP contribution is 2.28. The summed E-state index contributed by atoms with van der Waals surface area (Å²) in [6.07, 6.45) is 7.45. The van der Waals surface area contributed by atoms with Crippen molar-refractivity contribution in [3.63, 3.8) is 0 Å². The Bertz CT molecular complexity index is 768. The number of amidine groups is 1. The molecule has 0 aromatic heterocycles. The normalized spacial score (nSPS) is 21.7. The minimum Gasteiger partial charge on any atom is -0.354 e. The predicted octanol–water partition coefficient (Wildman–Crippen LogP) is 2.20. The first-order valence-electron chi connectivity index (χ1n) is 8.95. The highest BCUT2D eigenvalue weighted by Gasteiger charge is 2.31. The largest absolute Gasteiger partial charge is 0.354 e. The van der Waals surface area contributed by atoms with Crippen LogP contribution in [-0.4, -0.2) is 32.7 Å². The molecular formula is C18H25N3O3S. The summed E-state index contributed by atoms with van der Waals surface area (Å²) in [4.78, 5) is 16.7. The topological polar surface area (TPSA) is 87.6 Å². The number of aliphatic imine (C=N–C) groups is 1. The van der Waals surface area contributed by atoms with E-state index in [0.29, 0.717) is 12.1 Å². The van der Waals surface area contributed by atoms with Gasteiger partial charge in [0, 0.05) is 12.1 Å². The zero-order chi connectivity index (χ0) is 17.9. The van der Waals surface area contributed by atoms with E-state index >= 15 is 0 Å². The maximum Gasteiger partial charge on any atom is 0.263 e. The molecule has 7 heteroatoms. The minimum atomic E-state index is -3.57. The van der Waals surface area contributed by atoms with Crippen LogP contribution >= 0.6 is 0 Å². The van der Waals surface area contributed by atoms with Gasteiger partial charge in [-0.2, -0.15) is 0 Å². The van der Waals surface area contributed by atoms with Crippen LogP contribution in [0.4, 0.5) is 0 Å². The van der Waals surface area contributed by atoms with Gasteiger partial charge in [-0.05, 0) is 37.8 Å². The molecule has 0 saturated heterocycles. The summed E-state index contributed by atoms with van der Waals surface area (Å²) in [5.41, 5.74) is 0.517. The van der Waals surface area contributed by atoms with Gasteiger partial charge in [0.2, 0.25) is 5.91 Å². The monoisotopic (exact) mass is 363 g/mol. The lowest BCUT2D eigenvalue weighted by Gasteiger charge is -2.11.